The van der Waals surface area contributed by atoms with E-state index >= 15 is 0 Å². The Kier molecular flexibility index (Phi) is 3.00. The van der Waals surface area contributed by atoms with Crippen LogP contribution in [0.5, 0.6) is 0 Å². The van der Waals surface area contributed by atoms with E-state index in [0.717, 1.165) is 13.0 Å². The van der Waals surface area contributed by atoms with E-state index in [1.54, 1.807) is 6.07 Å². The maximum Gasteiger partial charge on any atom is 0.265 e. The molecule has 1 amide bonds. The number of nitrogens with zero attached hydrogens (tertiary/aromatic N) is 1. The molecule has 0 spiro atoms. The fourth-order valence-electron chi connectivity index (χ4n) is 1.83. The predicted octanol–water partition coefficient (Wildman–Crippen LogP) is 1.96. The second-order valence-corrected chi connectivity index (χ2v) is 5.11. The van der Waals surface area contributed by atoms with E-state index in [0.29, 0.717) is 9.90 Å². The van der Waals surface area contributed by atoms with Gasteiger partial charge in [0.15, 0.2) is 0 Å². The minimum atomic E-state index is 0.00968. The topological polar surface area (TPSA) is 46.3 Å². The first-order valence-electron chi connectivity index (χ1n) is 4.91. The van der Waals surface area contributed by atoms with E-state index in [1.165, 1.54) is 11.3 Å². The summed E-state index contributed by atoms with van der Waals surface area (Å²) in [5.41, 5.74) is 5.87. The third-order valence-electron chi connectivity index (χ3n) is 2.89. The Morgan fingerprint density at radius 3 is 2.93 bits per heavy atom. The zero-order chi connectivity index (χ0) is 11.0. The minimum absolute atomic E-state index is 0.00968. The molecular weight excluding hydrogens is 232 g/mol. The van der Waals surface area contributed by atoms with Crippen molar-refractivity contribution >= 4 is 28.8 Å². The molecule has 1 aliphatic heterocycles. The molecule has 1 aliphatic rings. The van der Waals surface area contributed by atoms with E-state index in [2.05, 4.69) is 0 Å². The van der Waals surface area contributed by atoms with Crippen molar-refractivity contribution < 1.29 is 4.79 Å². The monoisotopic (exact) mass is 244 g/mol. The lowest BCUT2D eigenvalue weighted by Gasteiger charge is -2.22. The lowest BCUT2D eigenvalue weighted by atomic mass is 10.2. The standard InChI is InChI=1S/C10H13ClN2OS/c1-6-8(12)2-4-13(6)10(14)9-7(11)3-5-15-9/h3,5-6,8H,2,4,12H2,1H3. The number of carbonyl (C=O) groups excluding carboxylic acids is 1. The van der Waals surface area contributed by atoms with Gasteiger partial charge in [-0.3, -0.25) is 4.79 Å². The summed E-state index contributed by atoms with van der Waals surface area (Å²) in [5.74, 6) is 0.00968. The van der Waals surface area contributed by atoms with Gasteiger partial charge in [-0.05, 0) is 24.8 Å². The predicted molar refractivity (Wildman–Crippen MR) is 62.4 cm³/mol. The van der Waals surface area contributed by atoms with Gasteiger partial charge in [-0.1, -0.05) is 11.6 Å². The average Bonchev–Trinajstić information content (AvgIpc) is 2.75. The lowest BCUT2D eigenvalue weighted by molar-refractivity contribution is 0.0747. The van der Waals surface area contributed by atoms with Gasteiger partial charge in [-0.2, -0.15) is 0 Å². The molecule has 0 radical (unpaired) electrons. The molecule has 1 fully saturated rings. The van der Waals surface area contributed by atoms with Crippen molar-refractivity contribution in [1.82, 2.24) is 4.90 Å². The van der Waals surface area contributed by atoms with Gasteiger partial charge >= 0.3 is 0 Å². The minimum Gasteiger partial charge on any atom is -0.334 e. The summed E-state index contributed by atoms with van der Waals surface area (Å²) in [6.07, 6.45) is 0.871. The van der Waals surface area contributed by atoms with Crippen molar-refractivity contribution in [2.75, 3.05) is 6.54 Å². The van der Waals surface area contributed by atoms with Gasteiger partial charge in [-0.25, -0.2) is 0 Å². The van der Waals surface area contributed by atoms with E-state index in [-0.39, 0.29) is 18.0 Å². The van der Waals surface area contributed by atoms with Crippen molar-refractivity contribution in [1.29, 1.82) is 0 Å². The van der Waals surface area contributed by atoms with E-state index in [4.69, 9.17) is 17.3 Å². The highest BCUT2D eigenvalue weighted by Gasteiger charge is 2.33. The van der Waals surface area contributed by atoms with Crippen LogP contribution in [-0.4, -0.2) is 29.4 Å². The highest BCUT2D eigenvalue weighted by atomic mass is 35.5. The number of thiophene rings is 1. The zero-order valence-electron chi connectivity index (χ0n) is 8.44. The Morgan fingerprint density at radius 1 is 1.73 bits per heavy atom. The normalized spacial score (nSPS) is 25.9. The summed E-state index contributed by atoms with van der Waals surface area (Å²) < 4.78 is 0. The van der Waals surface area contributed by atoms with Crippen LogP contribution in [-0.2, 0) is 0 Å². The molecule has 5 heteroatoms. The molecule has 3 nitrogen and oxygen atoms in total. The molecule has 2 atom stereocenters. The number of hydrogen-bond acceptors (Lipinski definition) is 3. The summed E-state index contributed by atoms with van der Waals surface area (Å²) in [5, 5.41) is 2.37. The maximum absolute atomic E-state index is 12.1. The van der Waals surface area contributed by atoms with Gasteiger partial charge in [0.2, 0.25) is 0 Å². The van der Waals surface area contributed by atoms with Gasteiger partial charge in [0, 0.05) is 18.6 Å². The second-order valence-electron chi connectivity index (χ2n) is 3.79. The molecule has 15 heavy (non-hydrogen) atoms. The van der Waals surface area contributed by atoms with Gasteiger partial charge < -0.3 is 10.6 Å². The van der Waals surface area contributed by atoms with Gasteiger partial charge in [0.05, 0.1) is 5.02 Å². The fourth-order valence-corrected chi connectivity index (χ4v) is 2.92. The van der Waals surface area contributed by atoms with Crippen molar-refractivity contribution in [3.8, 4) is 0 Å². The molecule has 2 heterocycles. The summed E-state index contributed by atoms with van der Waals surface area (Å²) in [6, 6.07) is 1.95. The van der Waals surface area contributed by atoms with Crippen LogP contribution in [0.1, 0.15) is 23.0 Å². The van der Waals surface area contributed by atoms with E-state index in [1.807, 2.05) is 17.2 Å². The van der Waals surface area contributed by atoms with Gasteiger partial charge in [0.25, 0.3) is 5.91 Å². The first-order valence-corrected chi connectivity index (χ1v) is 6.16. The highest BCUT2D eigenvalue weighted by Crippen LogP contribution is 2.26. The first kappa shape index (κ1) is 10.9. The molecule has 2 rings (SSSR count). The molecule has 1 saturated heterocycles. The maximum atomic E-state index is 12.1. The number of carbonyl (C=O) groups is 1. The number of nitrogens with two attached hydrogens (primary N) is 1. The van der Waals surface area contributed by atoms with E-state index in [9.17, 15) is 4.79 Å². The third kappa shape index (κ3) is 1.89. The van der Waals surface area contributed by atoms with Crippen molar-refractivity contribution in [2.45, 2.75) is 25.4 Å². The molecule has 82 valence electrons. The fraction of sp³-hybridized carbons (Fsp3) is 0.500. The van der Waals surface area contributed by atoms with Crippen LogP contribution >= 0.6 is 22.9 Å². The van der Waals surface area contributed by atoms with Crippen molar-refractivity contribution in [2.24, 2.45) is 5.73 Å². The SMILES string of the molecule is CC1C(N)CCN1C(=O)c1sccc1Cl. The van der Waals surface area contributed by atoms with Crippen LogP contribution in [0.4, 0.5) is 0 Å². The van der Waals surface area contributed by atoms with Crippen LogP contribution in [0, 0.1) is 0 Å². The second kappa shape index (κ2) is 4.12. The molecule has 0 aliphatic carbocycles. The Balaban J connectivity index is 2.19. The largest absolute Gasteiger partial charge is 0.334 e. The molecule has 0 aromatic carbocycles. The van der Waals surface area contributed by atoms with Crippen LogP contribution in [0.25, 0.3) is 0 Å². The Labute approximate surface area is 97.8 Å². The molecule has 2 unspecified atom stereocenters. The number of halogens is 1. The van der Waals surface area contributed by atoms with Crippen LogP contribution in [0.2, 0.25) is 5.02 Å². The first-order chi connectivity index (χ1) is 7.11. The number of likely N-dealkylation sites (tertiary alicyclic amines) is 1. The summed E-state index contributed by atoms with van der Waals surface area (Å²) in [6.45, 7) is 2.71. The van der Waals surface area contributed by atoms with Crippen molar-refractivity contribution in [3.05, 3.63) is 21.3 Å². The lowest BCUT2D eigenvalue weighted by Crippen LogP contribution is -2.40. The van der Waals surface area contributed by atoms with Crippen LogP contribution in [0.3, 0.4) is 0 Å². The number of rotatable bonds is 1. The number of hydrogen-bond donors (Lipinski definition) is 1. The van der Waals surface area contributed by atoms with Crippen LogP contribution in [0.15, 0.2) is 11.4 Å². The molecule has 2 N–H and O–H groups in total. The molecule has 0 saturated carbocycles. The van der Waals surface area contributed by atoms with E-state index < -0.39 is 0 Å². The summed E-state index contributed by atoms with van der Waals surface area (Å²) in [4.78, 5) is 14.5. The molecule has 0 bridgehead atoms. The molecule has 1 aromatic rings. The average molecular weight is 245 g/mol. The highest BCUT2D eigenvalue weighted by molar-refractivity contribution is 7.12. The van der Waals surface area contributed by atoms with Crippen molar-refractivity contribution in [3.63, 3.8) is 0 Å². The van der Waals surface area contributed by atoms with Gasteiger partial charge in [0.1, 0.15) is 4.88 Å². The summed E-state index contributed by atoms with van der Waals surface area (Å²) >= 11 is 7.31. The Bertz CT molecular complexity index is 379. The molecular formula is C10H13ClN2OS. The Hall–Kier alpha value is -0.580. The van der Waals surface area contributed by atoms with Crippen LogP contribution < -0.4 is 5.73 Å². The smallest absolute Gasteiger partial charge is 0.265 e. The quantitative estimate of drug-likeness (QED) is 0.821. The molecule has 1 aromatic heterocycles. The third-order valence-corrected chi connectivity index (χ3v) is 4.22. The Morgan fingerprint density at radius 2 is 2.47 bits per heavy atom. The van der Waals surface area contributed by atoms with Gasteiger partial charge in [-0.15, -0.1) is 11.3 Å². The zero-order valence-corrected chi connectivity index (χ0v) is 10.0. The summed E-state index contributed by atoms with van der Waals surface area (Å²) in [7, 11) is 0. The number of amides is 1.